The summed E-state index contributed by atoms with van der Waals surface area (Å²) in [5, 5.41) is 0.489. The lowest BCUT2D eigenvalue weighted by Gasteiger charge is -2.13. The third-order valence-corrected chi connectivity index (χ3v) is 2.69. The van der Waals surface area contributed by atoms with Crippen molar-refractivity contribution in [3.05, 3.63) is 46.2 Å². The lowest BCUT2D eigenvalue weighted by Crippen LogP contribution is -2.12. The van der Waals surface area contributed by atoms with Crippen LogP contribution in [0.4, 0.5) is 4.39 Å². The Labute approximate surface area is 92.3 Å². The van der Waals surface area contributed by atoms with Crippen LogP contribution in [0.25, 0.3) is 0 Å². The van der Waals surface area contributed by atoms with Crippen LogP contribution in [0.5, 0.6) is 0 Å². The molecule has 0 bridgehead atoms. The molecular weight excluding hydrogens is 224 g/mol. The average Bonchev–Trinajstić information content (AvgIpc) is 2.13. The van der Waals surface area contributed by atoms with Crippen molar-refractivity contribution in [2.75, 3.05) is 0 Å². The van der Waals surface area contributed by atoms with E-state index >= 15 is 0 Å². The molecule has 1 aromatic carbocycles. The Balaban J connectivity index is 3.17. The molecule has 14 heavy (non-hydrogen) atoms. The molecule has 0 amide bonds. The smallest absolute Gasteiger partial charge is 0.129 e. The van der Waals surface area contributed by atoms with Crippen molar-refractivity contribution in [2.45, 2.75) is 12.5 Å². The van der Waals surface area contributed by atoms with Crippen LogP contribution in [0, 0.1) is 5.82 Å². The predicted molar refractivity (Wildman–Crippen MR) is 58.2 cm³/mol. The molecule has 2 N–H and O–H groups in total. The van der Waals surface area contributed by atoms with Gasteiger partial charge < -0.3 is 5.73 Å². The minimum Gasteiger partial charge on any atom is -0.324 e. The van der Waals surface area contributed by atoms with Crippen molar-refractivity contribution in [3.8, 4) is 0 Å². The maximum Gasteiger partial charge on any atom is 0.129 e. The first kappa shape index (κ1) is 11.5. The lowest BCUT2D eigenvalue weighted by molar-refractivity contribution is 0.584. The second kappa shape index (κ2) is 4.78. The molecule has 0 unspecified atom stereocenters. The molecular formula is C10H10Cl2FN. The van der Waals surface area contributed by atoms with E-state index in [9.17, 15) is 4.39 Å². The maximum absolute atomic E-state index is 13.3. The molecule has 1 nitrogen and oxygen atoms in total. The number of benzene rings is 1. The summed E-state index contributed by atoms with van der Waals surface area (Å²) in [6.45, 7) is 3.53. The summed E-state index contributed by atoms with van der Waals surface area (Å²) in [7, 11) is 0. The third-order valence-electron chi connectivity index (χ3n) is 1.87. The molecule has 0 aromatic heterocycles. The molecule has 1 atom stereocenters. The van der Waals surface area contributed by atoms with Crippen molar-refractivity contribution in [1.29, 1.82) is 0 Å². The molecule has 1 rings (SSSR count). The van der Waals surface area contributed by atoms with Crippen LogP contribution >= 0.6 is 23.2 Å². The second-order valence-electron chi connectivity index (χ2n) is 2.89. The molecule has 0 aliphatic heterocycles. The largest absolute Gasteiger partial charge is 0.324 e. The van der Waals surface area contributed by atoms with Crippen molar-refractivity contribution in [3.63, 3.8) is 0 Å². The van der Waals surface area contributed by atoms with Crippen LogP contribution in [0.15, 0.2) is 24.8 Å². The molecule has 0 aliphatic carbocycles. The Morgan fingerprint density at radius 3 is 2.71 bits per heavy atom. The number of halogens is 3. The summed E-state index contributed by atoms with van der Waals surface area (Å²) < 4.78 is 13.3. The molecule has 0 saturated carbocycles. The summed E-state index contributed by atoms with van der Waals surface area (Å²) in [6, 6.07) is 2.16. The normalized spacial score (nSPS) is 12.6. The highest BCUT2D eigenvalue weighted by Crippen LogP contribution is 2.32. The second-order valence-corrected chi connectivity index (χ2v) is 3.67. The van der Waals surface area contributed by atoms with E-state index in [1.807, 2.05) is 0 Å². The first-order valence-electron chi connectivity index (χ1n) is 4.07. The average molecular weight is 234 g/mol. The number of nitrogens with two attached hydrogens (primary N) is 1. The SMILES string of the molecule is C=CC[C@@H](N)c1c(F)ccc(Cl)c1Cl. The molecule has 0 heterocycles. The van der Waals surface area contributed by atoms with E-state index in [1.54, 1.807) is 6.08 Å². The highest BCUT2D eigenvalue weighted by Gasteiger charge is 2.16. The first-order valence-corrected chi connectivity index (χ1v) is 4.83. The van der Waals surface area contributed by atoms with Crippen LogP contribution in [-0.4, -0.2) is 0 Å². The summed E-state index contributed by atoms with van der Waals surface area (Å²) in [5.41, 5.74) is 5.97. The van der Waals surface area contributed by atoms with Crippen molar-refractivity contribution in [1.82, 2.24) is 0 Å². The topological polar surface area (TPSA) is 26.0 Å². The summed E-state index contributed by atoms with van der Waals surface area (Å²) in [4.78, 5) is 0. The Morgan fingerprint density at radius 2 is 2.14 bits per heavy atom. The van der Waals surface area contributed by atoms with E-state index in [4.69, 9.17) is 28.9 Å². The van der Waals surface area contributed by atoms with Gasteiger partial charge in [0.15, 0.2) is 0 Å². The molecule has 76 valence electrons. The zero-order valence-corrected chi connectivity index (χ0v) is 8.95. The van der Waals surface area contributed by atoms with E-state index in [1.165, 1.54) is 12.1 Å². The minimum absolute atomic E-state index is 0.181. The van der Waals surface area contributed by atoms with Gasteiger partial charge in [0.1, 0.15) is 5.82 Å². The van der Waals surface area contributed by atoms with Crippen molar-refractivity contribution >= 4 is 23.2 Å². The number of hydrogen-bond acceptors (Lipinski definition) is 1. The lowest BCUT2D eigenvalue weighted by atomic mass is 10.0. The van der Waals surface area contributed by atoms with Crippen LogP contribution < -0.4 is 5.73 Å². The van der Waals surface area contributed by atoms with E-state index in [0.717, 1.165) is 0 Å². The Bertz CT molecular complexity index is 352. The quantitative estimate of drug-likeness (QED) is 0.626. The fraction of sp³-hybridized carbons (Fsp3) is 0.200. The first-order chi connectivity index (χ1) is 6.57. The van der Waals surface area contributed by atoms with Crippen molar-refractivity contribution in [2.24, 2.45) is 5.73 Å². The zero-order chi connectivity index (χ0) is 10.7. The fourth-order valence-electron chi connectivity index (χ4n) is 1.18. The van der Waals surface area contributed by atoms with Crippen LogP contribution in [0.1, 0.15) is 18.0 Å². The van der Waals surface area contributed by atoms with E-state index < -0.39 is 11.9 Å². The van der Waals surface area contributed by atoms with Gasteiger partial charge in [0.05, 0.1) is 10.0 Å². The molecule has 0 radical (unpaired) electrons. The Hall–Kier alpha value is -0.570. The summed E-state index contributed by atoms with van der Waals surface area (Å²) in [6.07, 6.45) is 2.07. The van der Waals surface area contributed by atoms with E-state index in [-0.39, 0.29) is 10.6 Å². The molecule has 0 fully saturated rings. The number of hydrogen-bond donors (Lipinski definition) is 1. The molecule has 0 spiro atoms. The van der Waals surface area contributed by atoms with Gasteiger partial charge in [-0.1, -0.05) is 29.3 Å². The van der Waals surface area contributed by atoms with Crippen LogP contribution in [0.2, 0.25) is 10.0 Å². The highest BCUT2D eigenvalue weighted by atomic mass is 35.5. The van der Waals surface area contributed by atoms with Gasteiger partial charge in [-0.05, 0) is 18.6 Å². The molecule has 1 aromatic rings. The van der Waals surface area contributed by atoms with Gasteiger partial charge in [0, 0.05) is 11.6 Å². The van der Waals surface area contributed by atoms with Gasteiger partial charge in [0.25, 0.3) is 0 Å². The van der Waals surface area contributed by atoms with Crippen LogP contribution in [-0.2, 0) is 0 Å². The zero-order valence-electron chi connectivity index (χ0n) is 7.43. The van der Waals surface area contributed by atoms with Gasteiger partial charge in [0.2, 0.25) is 0 Å². The third kappa shape index (κ3) is 2.27. The van der Waals surface area contributed by atoms with Gasteiger partial charge in [-0.15, -0.1) is 6.58 Å². The highest BCUT2D eigenvalue weighted by molar-refractivity contribution is 6.42. The van der Waals surface area contributed by atoms with Gasteiger partial charge >= 0.3 is 0 Å². The van der Waals surface area contributed by atoms with Gasteiger partial charge in [-0.2, -0.15) is 0 Å². The summed E-state index contributed by atoms with van der Waals surface area (Å²) in [5.74, 6) is -0.436. The van der Waals surface area contributed by atoms with Crippen molar-refractivity contribution < 1.29 is 4.39 Å². The Kier molecular flexibility index (Phi) is 3.93. The molecule has 4 heteroatoms. The fourth-order valence-corrected chi connectivity index (χ4v) is 1.64. The van der Waals surface area contributed by atoms with Crippen LogP contribution in [0.3, 0.4) is 0 Å². The minimum atomic E-state index is -0.501. The van der Waals surface area contributed by atoms with Gasteiger partial charge in [-0.25, -0.2) is 4.39 Å². The maximum atomic E-state index is 13.3. The predicted octanol–water partition coefficient (Wildman–Crippen LogP) is 3.71. The van der Waals surface area contributed by atoms with Gasteiger partial charge in [-0.3, -0.25) is 0 Å². The van der Waals surface area contributed by atoms with E-state index in [0.29, 0.717) is 11.4 Å². The standard InChI is InChI=1S/C10H10Cl2FN/c1-2-3-8(14)9-7(13)5-4-6(11)10(9)12/h2,4-5,8H,1,3,14H2/t8-/m1/s1. The van der Waals surface area contributed by atoms with E-state index in [2.05, 4.69) is 6.58 Å². The Morgan fingerprint density at radius 1 is 1.50 bits per heavy atom. The monoisotopic (exact) mass is 233 g/mol. The summed E-state index contributed by atoms with van der Waals surface area (Å²) >= 11 is 11.6. The molecule has 0 aliphatic rings. The molecule has 0 saturated heterocycles. The number of rotatable bonds is 3.